The summed E-state index contributed by atoms with van der Waals surface area (Å²) in [4.78, 5) is 2.30. The quantitative estimate of drug-likeness (QED) is 0.689. The molecule has 1 aliphatic carbocycles. The summed E-state index contributed by atoms with van der Waals surface area (Å²) in [5.74, 6) is 1.46. The van der Waals surface area contributed by atoms with Crippen molar-refractivity contribution in [2.75, 3.05) is 26.2 Å². The molecular formula is C19H29ClF2N2O2. The summed E-state index contributed by atoms with van der Waals surface area (Å²) in [6.45, 7) is 3.09. The molecule has 148 valence electrons. The highest BCUT2D eigenvalue weighted by atomic mass is 35.5. The van der Waals surface area contributed by atoms with E-state index in [4.69, 9.17) is 9.47 Å². The number of halogens is 3. The van der Waals surface area contributed by atoms with E-state index in [1.807, 2.05) is 19.1 Å². The minimum Gasteiger partial charge on any atom is -0.490 e. The zero-order valence-corrected chi connectivity index (χ0v) is 16.1. The summed E-state index contributed by atoms with van der Waals surface area (Å²) in [6.07, 6.45) is 4.94. The van der Waals surface area contributed by atoms with Crippen molar-refractivity contribution in [3.63, 3.8) is 0 Å². The monoisotopic (exact) mass is 390 g/mol. The highest BCUT2D eigenvalue weighted by molar-refractivity contribution is 5.85. The zero-order chi connectivity index (χ0) is 17.6. The average molecular weight is 391 g/mol. The molecule has 2 fully saturated rings. The Balaban J connectivity index is 0.00000243. The maximum absolute atomic E-state index is 12.8. The van der Waals surface area contributed by atoms with E-state index in [0.717, 1.165) is 44.0 Å². The number of nitrogens with zero attached hydrogens (tertiary/aromatic N) is 1. The molecule has 1 heterocycles. The normalized spacial score (nSPS) is 18.6. The summed E-state index contributed by atoms with van der Waals surface area (Å²) in [5.41, 5.74) is 0.760. The zero-order valence-electron chi connectivity index (χ0n) is 15.3. The first-order valence-electron chi connectivity index (χ1n) is 9.31. The molecule has 1 aliphatic heterocycles. The molecule has 2 aliphatic rings. The number of benzene rings is 1. The second-order valence-electron chi connectivity index (χ2n) is 6.96. The first kappa shape index (κ1) is 21.2. The Kier molecular flexibility index (Phi) is 8.38. The van der Waals surface area contributed by atoms with Gasteiger partial charge in [0, 0.05) is 18.2 Å². The molecule has 1 saturated heterocycles. The van der Waals surface area contributed by atoms with E-state index >= 15 is 0 Å². The van der Waals surface area contributed by atoms with Gasteiger partial charge in [0.1, 0.15) is 0 Å². The van der Waals surface area contributed by atoms with Crippen LogP contribution in [0.3, 0.4) is 0 Å². The molecule has 26 heavy (non-hydrogen) atoms. The molecule has 3 rings (SSSR count). The predicted molar refractivity (Wildman–Crippen MR) is 101 cm³/mol. The molecular weight excluding hydrogens is 362 g/mol. The number of ether oxygens (including phenoxy) is 2. The molecule has 0 aromatic heterocycles. The van der Waals surface area contributed by atoms with Gasteiger partial charge < -0.3 is 14.8 Å². The standard InChI is InChI=1S/C19H28F2N2O2.ClH/c1-2-24-17-5-3-4-15(18(17)25-19(20)21)13-23-10-8-16(9-11-23)22-12-14-6-7-14;/h3-5,14,16,19,22H,2,6-13H2,1H3;1H. The van der Waals surface area contributed by atoms with Gasteiger partial charge in [0.25, 0.3) is 0 Å². The van der Waals surface area contributed by atoms with Crippen molar-refractivity contribution < 1.29 is 18.3 Å². The first-order chi connectivity index (χ1) is 12.2. The van der Waals surface area contributed by atoms with E-state index in [0.29, 0.717) is 24.9 Å². The van der Waals surface area contributed by atoms with Gasteiger partial charge in [-0.25, -0.2) is 0 Å². The second-order valence-corrected chi connectivity index (χ2v) is 6.96. The summed E-state index contributed by atoms with van der Waals surface area (Å²) < 4.78 is 35.8. The molecule has 0 spiro atoms. The lowest BCUT2D eigenvalue weighted by Gasteiger charge is -2.33. The van der Waals surface area contributed by atoms with E-state index in [1.165, 1.54) is 12.8 Å². The van der Waals surface area contributed by atoms with Gasteiger partial charge in [0.15, 0.2) is 11.5 Å². The van der Waals surface area contributed by atoms with Gasteiger partial charge in [-0.1, -0.05) is 12.1 Å². The van der Waals surface area contributed by atoms with Crippen LogP contribution in [-0.4, -0.2) is 43.8 Å². The molecule has 7 heteroatoms. The van der Waals surface area contributed by atoms with E-state index in [9.17, 15) is 8.78 Å². The Hall–Kier alpha value is -1.11. The van der Waals surface area contributed by atoms with Gasteiger partial charge >= 0.3 is 6.61 Å². The Morgan fingerprint density at radius 1 is 1.19 bits per heavy atom. The number of rotatable bonds is 9. The summed E-state index contributed by atoms with van der Waals surface area (Å²) in [6, 6.07) is 5.95. The fourth-order valence-electron chi connectivity index (χ4n) is 3.37. The Bertz CT molecular complexity index is 550. The highest BCUT2D eigenvalue weighted by Gasteiger charge is 2.25. The molecule has 1 aromatic carbocycles. The largest absolute Gasteiger partial charge is 0.490 e. The lowest BCUT2D eigenvalue weighted by molar-refractivity contribution is -0.0524. The van der Waals surface area contributed by atoms with Crippen LogP contribution in [0.15, 0.2) is 18.2 Å². The van der Waals surface area contributed by atoms with Gasteiger partial charge in [-0.2, -0.15) is 8.78 Å². The van der Waals surface area contributed by atoms with Crippen molar-refractivity contribution in [1.82, 2.24) is 10.2 Å². The third-order valence-corrected chi connectivity index (χ3v) is 4.94. The van der Waals surface area contributed by atoms with E-state index in [1.54, 1.807) is 6.07 Å². The van der Waals surface area contributed by atoms with Crippen molar-refractivity contribution in [2.24, 2.45) is 5.92 Å². The number of piperidine rings is 1. The minimum absolute atomic E-state index is 0. The van der Waals surface area contributed by atoms with E-state index in [2.05, 4.69) is 10.2 Å². The van der Waals surface area contributed by atoms with Gasteiger partial charge in [-0.05, 0) is 64.2 Å². The van der Waals surface area contributed by atoms with Crippen molar-refractivity contribution in [2.45, 2.75) is 51.8 Å². The molecule has 0 bridgehead atoms. The number of hydrogen-bond donors (Lipinski definition) is 1. The van der Waals surface area contributed by atoms with Gasteiger partial charge in [0.2, 0.25) is 0 Å². The van der Waals surface area contributed by atoms with Crippen LogP contribution in [0.1, 0.15) is 38.2 Å². The van der Waals surface area contributed by atoms with Crippen LogP contribution < -0.4 is 14.8 Å². The predicted octanol–water partition coefficient (Wildman–Crippen LogP) is 4.07. The third kappa shape index (κ3) is 6.25. The van der Waals surface area contributed by atoms with Crippen LogP contribution in [0.25, 0.3) is 0 Å². The van der Waals surface area contributed by atoms with Crippen LogP contribution in [0.4, 0.5) is 8.78 Å². The highest BCUT2D eigenvalue weighted by Crippen LogP contribution is 2.34. The average Bonchev–Trinajstić information content (AvgIpc) is 3.41. The van der Waals surface area contributed by atoms with Crippen molar-refractivity contribution in [3.8, 4) is 11.5 Å². The van der Waals surface area contributed by atoms with E-state index < -0.39 is 6.61 Å². The topological polar surface area (TPSA) is 33.7 Å². The van der Waals surface area contributed by atoms with Crippen LogP contribution in [0, 0.1) is 5.92 Å². The van der Waals surface area contributed by atoms with Gasteiger partial charge in [-0.3, -0.25) is 4.90 Å². The molecule has 4 nitrogen and oxygen atoms in total. The maximum atomic E-state index is 12.8. The summed E-state index contributed by atoms with van der Waals surface area (Å²) in [5, 5.41) is 3.66. The van der Waals surface area contributed by atoms with E-state index in [-0.39, 0.29) is 18.2 Å². The Morgan fingerprint density at radius 2 is 1.92 bits per heavy atom. The second kappa shape index (κ2) is 10.3. The number of alkyl halides is 2. The Labute approximate surface area is 160 Å². The summed E-state index contributed by atoms with van der Waals surface area (Å²) >= 11 is 0. The number of para-hydroxylation sites is 1. The van der Waals surface area contributed by atoms with Crippen LogP contribution in [-0.2, 0) is 6.54 Å². The smallest absolute Gasteiger partial charge is 0.387 e. The number of hydrogen-bond acceptors (Lipinski definition) is 4. The number of likely N-dealkylation sites (tertiary alicyclic amines) is 1. The third-order valence-electron chi connectivity index (χ3n) is 4.94. The lowest BCUT2D eigenvalue weighted by Crippen LogP contribution is -2.42. The molecule has 1 aromatic rings. The SMILES string of the molecule is CCOc1cccc(CN2CCC(NCC3CC3)CC2)c1OC(F)F.Cl. The lowest BCUT2D eigenvalue weighted by atomic mass is 10.0. The van der Waals surface area contributed by atoms with Crippen molar-refractivity contribution in [3.05, 3.63) is 23.8 Å². The van der Waals surface area contributed by atoms with Crippen LogP contribution in [0.2, 0.25) is 0 Å². The fourth-order valence-corrected chi connectivity index (χ4v) is 3.37. The molecule has 0 atom stereocenters. The molecule has 0 radical (unpaired) electrons. The molecule has 0 amide bonds. The Morgan fingerprint density at radius 3 is 2.54 bits per heavy atom. The molecule has 1 saturated carbocycles. The molecule has 0 unspecified atom stereocenters. The maximum Gasteiger partial charge on any atom is 0.387 e. The van der Waals surface area contributed by atoms with Crippen molar-refractivity contribution >= 4 is 12.4 Å². The van der Waals surface area contributed by atoms with Crippen molar-refractivity contribution in [1.29, 1.82) is 0 Å². The fraction of sp³-hybridized carbons (Fsp3) is 0.684. The van der Waals surface area contributed by atoms with Gasteiger partial charge in [-0.15, -0.1) is 12.4 Å². The van der Waals surface area contributed by atoms with Crippen LogP contribution in [0.5, 0.6) is 11.5 Å². The minimum atomic E-state index is -2.85. The van der Waals surface area contributed by atoms with Gasteiger partial charge in [0.05, 0.1) is 6.61 Å². The summed E-state index contributed by atoms with van der Waals surface area (Å²) in [7, 11) is 0. The van der Waals surface area contributed by atoms with Crippen LogP contribution >= 0.6 is 12.4 Å². The molecule has 1 N–H and O–H groups in total. The number of nitrogens with one attached hydrogen (secondary N) is 1. The first-order valence-corrected chi connectivity index (χ1v) is 9.31.